The maximum atomic E-state index is 6.06. The Morgan fingerprint density at radius 2 is 2.00 bits per heavy atom. The van der Waals surface area contributed by atoms with E-state index >= 15 is 0 Å². The van der Waals surface area contributed by atoms with Crippen molar-refractivity contribution in [3.63, 3.8) is 0 Å². The predicted octanol–water partition coefficient (Wildman–Crippen LogP) is 4.23. The van der Waals surface area contributed by atoms with Gasteiger partial charge >= 0.3 is 0 Å². The van der Waals surface area contributed by atoms with E-state index in [-0.39, 0.29) is 5.95 Å². The van der Waals surface area contributed by atoms with Crippen LogP contribution >= 0.6 is 39.1 Å². The average molecular weight is 349 g/mol. The summed E-state index contributed by atoms with van der Waals surface area (Å²) in [5, 5.41) is 0.914. The molecule has 0 atom stereocenters. The highest BCUT2D eigenvalue weighted by Crippen LogP contribution is 2.36. The zero-order valence-electron chi connectivity index (χ0n) is 9.25. The van der Waals surface area contributed by atoms with Gasteiger partial charge in [0.15, 0.2) is 0 Å². The van der Waals surface area contributed by atoms with Crippen LogP contribution in [0.15, 0.2) is 22.8 Å². The van der Waals surface area contributed by atoms with Crippen LogP contribution in [-0.2, 0) is 0 Å². The summed E-state index contributed by atoms with van der Waals surface area (Å²) in [5.41, 5.74) is 6.25. The summed E-state index contributed by atoms with van der Waals surface area (Å²) in [5.74, 6) is 0.892. The van der Waals surface area contributed by atoms with Gasteiger partial charge in [0.1, 0.15) is 5.75 Å². The number of ether oxygens (including phenoxy) is 1. The Morgan fingerprint density at radius 1 is 1.28 bits per heavy atom. The minimum atomic E-state index is 0.134. The Balaban J connectivity index is 2.40. The first-order chi connectivity index (χ1) is 8.47. The van der Waals surface area contributed by atoms with Crippen LogP contribution in [0.5, 0.6) is 11.6 Å². The molecular weight excluding hydrogens is 341 g/mol. The molecule has 0 bridgehead atoms. The Kier molecular flexibility index (Phi) is 3.94. The number of nitrogen functional groups attached to an aromatic ring is 1. The number of halogens is 3. The second-order valence-electron chi connectivity index (χ2n) is 3.52. The lowest BCUT2D eigenvalue weighted by Crippen LogP contribution is -1.99. The quantitative estimate of drug-likeness (QED) is 0.825. The zero-order chi connectivity index (χ0) is 13.3. The highest BCUT2D eigenvalue weighted by atomic mass is 79.9. The minimum Gasteiger partial charge on any atom is -0.437 e. The Bertz CT molecular complexity index is 607. The van der Waals surface area contributed by atoms with E-state index in [1.54, 1.807) is 18.3 Å². The molecule has 7 heteroatoms. The van der Waals surface area contributed by atoms with Crippen LogP contribution in [0.2, 0.25) is 10.0 Å². The van der Waals surface area contributed by atoms with Gasteiger partial charge in [-0.25, -0.2) is 4.98 Å². The largest absolute Gasteiger partial charge is 0.437 e. The van der Waals surface area contributed by atoms with Crippen molar-refractivity contribution in [3.05, 3.63) is 38.4 Å². The molecule has 0 saturated heterocycles. The van der Waals surface area contributed by atoms with Crippen LogP contribution < -0.4 is 10.5 Å². The highest BCUT2D eigenvalue weighted by molar-refractivity contribution is 9.10. The van der Waals surface area contributed by atoms with Gasteiger partial charge in [0.2, 0.25) is 11.8 Å². The van der Waals surface area contributed by atoms with Crippen molar-refractivity contribution in [1.82, 2.24) is 9.97 Å². The molecule has 94 valence electrons. The highest BCUT2D eigenvalue weighted by Gasteiger charge is 2.10. The van der Waals surface area contributed by atoms with Crippen molar-refractivity contribution in [2.24, 2.45) is 0 Å². The Morgan fingerprint density at radius 3 is 2.72 bits per heavy atom. The summed E-state index contributed by atoms with van der Waals surface area (Å²) in [7, 11) is 0. The van der Waals surface area contributed by atoms with E-state index in [1.807, 2.05) is 6.92 Å². The van der Waals surface area contributed by atoms with E-state index < -0.39 is 0 Å². The van der Waals surface area contributed by atoms with Gasteiger partial charge in [0, 0.05) is 22.3 Å². The van der Waals surface area contributed by atoms with Gasteiger partial charge in [-0.1, -0.05) is 23.2 Å². The van der Waals surface area contributed by atoms with Crippen LogP contribution in [0.4, 0.5) is 5.95 Å². The zero-order valence-corrected chi connectivity index (χ0v) is 12.3. The molecule has 2 rings (SSSR count). The van der Waals surface area contributed by atoms with E-state index in [1.165, 1.54) is 0 Å². The van der Waals surface area contributed by atoms with E-state index in [0.717, 1.165) is 5.56 Å². The van der Waals surface area contributed by atoms with E-state index in [9.17, 15) is 0 Å². The fourth-order valence-corrected chi connectivity index (χ4v) is 2.06. The monoisotopic (exact) mass is 347 g/mol. The smallest absolute Gasteiger partial charge is 0.227 e. The molecule has 2 N–H and O–H groups in total. The fourth-order valence-electron chi connectivity index (χ4n) is 1.23. The number of anilines is 1. The first-order valence-electron chi connectivity index (χ1n) is 4.89. The fraction of sp³-hybridized carbons (Fsp3) is 0.0909. The van der Waals surface area contributed by atoms with Gasteiger partial charge in [0.05, 0.1) is 10.0 Å². The summed E-state index contributed by atoms with van der Waals surface area (Å²) in [6, 6.07) is 3.25. The second-order valence-corrected chi connectivity index (χ2v) is 5.18. The number of nitrogens with zero attached hydrogens (tertiary/aromatic N) is 2. The van der Waals surface area contributed by atoms with Gasteiger partial charge in [-0.3, -0.25) is 0 Å². The third-order valence-corrected chi connectivity index (χ3v) is 3.62. The van der Waals surface area contributed by atoms with Crippen LogP contribution in [0, 0.1) is 6.92 Å². The minimum absolute atomic E-state index is 0.134. The van der Waals surface area contributed by atoms with Gasteiger partial charge in [-0.2, -0.15) is 4.98 Å². The molecule has 0 spiro atoms. The summed E-state index contributed by atoms with van der Waals surface area (Å²) in [6.07, 6.45) is 1.58. The van der Waals surface area contributed by atoms with Crippen molar-refractivity contribution < 1.29 is 4.74 Å². The first kappa shape index (κ1) is 13.4. The lowest BCUT2D eigenvalue weighted by atomic mass is 10.3. The summed E-state index contributed by atoms with van der Waals surface area (Å²) < 4.78 is 6.28. The van der Waals surface area contributed by atoms with E-state index in [0.29, 0.717) is 26.1 Å². The maximum Gasteiger partial charge on any atom is 0.227 e. The molecule has 0 amide bonds. The molecule has 0 unspecified atom stereocenters. The molecule has 0 radical (unpaired) electrons. The average Bonchev–Trinajstić information content (AvgIpc) is 2.30. The normalized spacial score (nSPS) is 10.4. The van der Waals surface area contributed by atoms with Gasteiger partial charge in [-0.05, 0) is 28.9 Å². The van der Waals surface area contributed by atoms with Crippen LogP contribution in [0.1, 0.15) is 5.56 Å². The number of benzene rings is 1. The van der Waals surface area contributed by atoms with Crippen molar-refractivity contribution in [1.29, 1.82) is 0 Å². The number of nitrogens with two attached hydrogens (primary N) is 1. The number of hydrogen-bond acceptors (Lipinski definition) is 4. The topological polar surface area (TPSA) is 61.0 Å². The molecule has 0 fully saturated rings. The summed E-state index contributed by atoms with van der Waals surface area (Å²) in [6.45, 7) is 1.81. The van der Waals surface area contributed by atoms with Crippen LogP contribution in [0.3, 0.4) is 0 Å². The molecule has 1 heterocycles. The lowest BCUT2D eigenvalue weighted by molar-refractivity contribution is 0.458. The van der Waals surface area contributed by atoms with Crippen molar-refractivity contribution in [2.75, 3.05) is 5.73 Å². The lowest BCUT2D eigenvalue weighted by Gasteiger charge is -2.10. The van der Waals surface area contributed by atoms with Crippen molar-refractivity contribution in [2.45, 2.75) is 6.92 Å². The standard InChI is InChI=1S/C11H8BrCl2N3O/c1-5-4-16-11(15)17-10(5)18-9-3-7(13)6(12)2-8(9)14/h2-4H,1H3,(H2,15,16,17). The van der Waals surface area contributed by atoms with Crippen LogP contribution in [0.25, 0.3) is 0 Å². The van der Waals surface area contributed by atoms with Crippen LogP contribution in [-0.4, -0.2) is 9.97 Å². The molecule has 2 aromatic rings. The maximum absolute atomic E-state index is 6.06. The molecule has 18 heavy (non-hydrogen) atoms. The number of aryl methyl sites for hydroxylation is 1. The van der Waals surface area contributed by atoms with Crippen molar-refractivity contribution in [3.8, 4) is 11.6 Å². The molecule has 0 aliphatic heterocycles. The third kappa shape index (κ3) is 2.85. The number of aromatic nitrogens is 2. The van der Waals surface area contributed by atoms with Gasteiger partial charge < -0.3 is 10.5 Å². The summed E-state index contributed by atoms with van der Waals surface area (Å²) in [4.78, 5) is 7.85. The van der Waals surface area contributed by atoms with Gasteiger partial charge in [-0.15, -0.1) is 0 Å². The molecule has 1 aromatic heterocycles. The molecule has 0 saturated carbocycles. The molecular formula is C11H8BrCl2N3O. The molecule has 0 aliphatic rings. The first-order valence-corrected chi connectivity index (χ1v) is 6.44. The van der Waals surface area contributed by atoms with E-state index in [4.69, 9.17) is 33.7 Å². The number of hydrogen-bond donors (Lipinski definition) is 1. The molecule has 1 aromatic carbocycles. The Hall–Kier alpha value is -1.04. The van der Waals surface area contributed by atoms with Crippen molar-refractivity contribution >= 4 is 45.1 Å². The molecule has 4 nitrogen and oxygen atoms in total. The summed E-state index contributed by atoms with van der Waals surface area (Å²) >= 11 is 15.3. The third-order valence-electron chi connectivity index (χ3n) is 2.13. The predicted molar refractivity (Wildman–Crippen MR) is 75.4 cm³/mol. The van der Waals surface area contributed by atoms with E-state index in [2.05, 4.69) is 25.9 Å². The SMILES string of the molecule is Cc1cnc(N)nc1Oc1cc(Cl)c(Br)cc1Cl. The molecule has 0 aliphatic carbocycles. The Labute approximate surface area is 122 Å². The number of rotatable bonds is 2. The second kappa shape index (κ2) is 5.30. The van der Waals surface area contributed by atoms with Gasteiger partial charge in [0.25, 0.3) is 0 Å².